The molecule has 1 amide bonds. The Labute approximate surface area is 179 Å². The van der Waals surface area contributed by atoms with Gasteiger partial charge in [-0.1, -0.05) is 48.5 Å². The van der Waals surface area contributed by atoms with E-state index in [0.29, 0.717) is 17.0 Å². The third-order valence-corrected chi connectivity index (χ3v) is 5.51. The molecule has 3 aromatic rings. The van der Waals surface area contributed by atoms with E-state index in [-0.39, 0.29) is 25.2 Å². The summed E-state index contributed by atoms with van der Waals surface area (Å²) < 4.78 is 5.03. The van der Waals surface area contributed by atoms with Gasteiger partial charge in [0.05, 0.1) is 11.3 Å². The van der Waals surface area contributed by atoms with Crippen molar-refractivity contribution in [3.63, 3.8) is 0 Å². The van der Waals surface area contributed by atoms with Crippen molar-refractivity contribution in [1.82, 2.24) is 0 Å². The van der Waals surface area contributed by atoms with Crippen LogP contribution in [0.2, 0.25) is 0 Å². The summed E-state index contributed by atoms with van der Waals surface area (Å²) in [5.41, 5.74) is 2.79. The minimum atomic E-state index is -0.565. The van der Waals surface area contributed by atoms with Crippen LogP contribution in [-0.2, 0) is 20.7 Å². The van der Waals surface area contributed by atoms with Crippen molar-refractivity contribution in [1.29, 1.82) is 0 Å². The molecule has 6 heteroatoms. The van der Waals surface area contributed by atoms with Crippen molar-refractivity contribution in [2.45, 2.75) is 26.2 Å². The molecule has 1 N–H and O–H groups in total. The van der Waals surface area contributed by atoms with Gasteiger partial charge >= 0.3 is 5.97 Å². The lowest BCUT2D eigenvalue weighted by Crippen LogP contribution is -2.21. The van der Waals surface area contributed by atoms with Crippen LogP contribution in [0.3, 0.4) is 0 Å². The van der Waals surface area contributed by atoms with Gasteiger partial charge in [0, 0.05) is 17.0 Å². The standard InChI is InChI=1S/C24H23NO4S/c1-17-11-13-22(30-17)21(26)12-14-24(28)29-16-23(27)25-20-10-6-5-9-19(20)15-18-7-3-2-4-8-18/h2-11,13H,12,14-16H2,1H3,(H,25,27). The van der Waals surface area contributed by atoms with Gasteiger partial charge in [-0.3, -0.25) is 14.4 Å². The number of nitrogens with one attached hydrogen (secondary N) is 1. The maximum Gasteiger partial charge on any atom is 0.306 e. The first kappa shape index (κ1) is 21.5. The Bertz CT molecular complexity index is 1030. The first-order valence-electron chi connectivity index (χ1n) is 9.68. The Kier molecular flexibility index (Phi) is 7.51. The van der Waals surface area contributed by atoms with Crippen LogP contribution < -0.4 is 5.32 Å². The van der Waals surface area contributed by atoms with Gasteiger partial charge in [-0.05, 0) is 42.7 Å². The summed E-state index contributed by atoms with van der Waals surface area (Å²) in [6.45, 7) is 1.54. The highest BCUT2D eigenvalue weighted by Crippen LogP contribution is 2.19. The maximum atomic E-state index is 12.2. The molecule has 1 aromatic heterocycles. The zero-order valence-electron chi connectivity index (χ0n) is 16.7. The summed E-state index contributed by atoms with van der Waals surface area (Å²) in [6.07, 6.45) is 0.704. The lowest BCUT2D eigenvalue weighted by molar-refractivity contribution is -0.147. The number of aryl methyl sites for hydroxylation is 1. The molecule has 0 aliphatic heterocycles. The van der Waals surface area contributed by atoms with Crippen molar-refractivity contribution < 1.29 is 19.1 Å². The molecule has 0 bridgehead atoms. The third-order valence-electron chi connectivity index (χ3n) is 4.46. The van der Waals surface area contributed by atoms with Gasteiger partial charge in [-0.2, -0.15) is 0 Å². The van der Waals surface area contributed by atoms with Crippen molar-refractivity contribution >= 4 is 34.7 Å². The molecule has 30 heavy (non-hydrogen) atoms. The van der Waals surface area contributed by atoms with Crippen LogP contribution in [0, 0.1) is 6.92 Å². The Morgan fingerprint density at radius 1 is 0.900 bits per heavy atom. The molecule has 2 aromatic carbocycles. The predicted octanol–water partition coefficient (Wildman–Crippen LogP) is 4.79. The van der Waals surface area contributed by atoms with E-state index in [1.807, 2.05) is 67.6 Å². The molecule has 0 aliphatic rings. The molecule has 0 saturated carbocycles. The zero-order valence-corrected chi connectivity index (χ0v) is 17.5. The Morgan fingerprint density at radius 2 is 1.63 bits per heavy atom. The normalized spacial score (nSPS) is 10.4. The fourth-order valence-corrected chi connectivity index (χ4v) is 3.77. The zero-order chi connectivity index (χ0) is 21.3. The highest BCUT2D eigenvalue weighted by molar-refractivity contribution is 7.14. The number of carbonyl (C=O) groups excluding carboxylic acids is 3. The number of amides is 1. The first-order chi connectivity index (χ1) is 14.5. The number of hydrogen-bond acceptors (Lipinski definition) is 5. The van der Waals surface area contributed by atoms with Crippen molar-refractivity contribution in [2.24, 2.45) is 0 Å². The van der Waals surface area contributed by atoms with Crippen LogP contribution in [0.15, 0.2) is 66.7 Å². The fraction of sp³-hybridized carbons (Fsp3) is 0.208. The lowest BCUT2D eigenvalue weighted by Gasteiger charge is -2.11. The molecule has 0 spiro atoms. The first-order valence-corrected chi connectivity index (χ1v) is 10.5. The Balaban J connectivity index is 1.46. The second kappa shape index (κ2) is 10.5. The molecule has 0 aliphatic carbocycles. The van der Waals surface area contributed by atoms with Gasteiger partial charge in [0.25, 0.3) is 5.91 Å². The number of ketones is 1. The van der Waals surface area contributed by atoms with Gasteiger partial charge in [0.2, 0.25) is 0 Å². The highest BCUT2D eigenvalue weighted by atomic mass is 32.1. The van der Waals surface area contributed by atoms with Crippen molar-refractivity contribution in [3.8, 4) is 0 Å². The summed E-state index contributed by atoms with van der Waals surface area (Å²) in [6, 6.07) is 21.1. The van der Waals surface area contributed by atoms with Crippen molar-refractivity contribution in [2.75, 3.05) is 11.9 Å². The number of thiophene rings is 1. The molecule has 0 fully saturated rings. The number of benzene rings is 2. The largest absolute Gasteiger partial charge is 0.456 e. The van der Waals surface area contributed by atoms with E-state index in [2.05, 4.69) is 5.32 Å². The summed E-state index contributed by atoms with van der Waals surface area (Å²) in [5, 5.41) is 2.80. The molecular formula is C24H23NO4S. The molecule has 0 radical (unpaired) electrons. The van der Waals surface area contributed by atoms with E-state index in [4.69, 9.17) is 4.74 Å². The van der Waals surface area contributed by atoms with E-state index in [1.165, 1.54) is 11.3 Å². The van der Waals surface area contributed by atoms with E-state index < -0.39 is 11.9 Å². The van der Waals surface area contributed by atoms with Crippen LogP contribution >= 0.6 is 11.3 Å². The number of esters is 1. The van der Waals surface area contributed by atoms with Crippen LogP contribution in [-0.4, -0.2) is 24.3 Å². The molecule has 0 atom stereocenters. The smallest absolute Gasteiger partial charge is 0.306 e. The minimum absolute atomic E-state index is 0.0480. The number of rotatable bonds is 9. The Morgan fingerprint density at radius 3 is 2.37 bits per heavy atom. The molecule has 5 nitrogen and oxygen atoms in total. The second-order valence-corrected chi connectivity index (χ2v) is 8.15. The topological polar surface area (TPSA) is 72.5 Å². The average Bonchev–Trinajstić information content (AvgIpc) is 3.19. The molecule has 0 saturated heterocycles. The van der Waals surface area contributed by atoms with Gasteiger partial charge < -0.3 is 10.1 Å². The Hall–Kier alpha value is -3.25. The quantitative estimate of drug-likeness (QED) is 0.398. The number of hydrogen-bond donors (Lipinski definition) is 1. The lowest BCUT2D eigenvalue weighted by atomic mass is 10.0. The van der Waals surface area contributed by atoms with Crippen LogP contribution in [0.25, 0.3) is 0 Å². The fourth-order valence-electron chi connectivity index (χ4n) is 2.94. The van der Waals surface area contributed by atoms with Crippen LogP contribution in [0.1, 0.15) is 38.5 Å². The van der Waals surface area contributed by atoms with Crippen LogP contribution in [0.4, 0.5) is 5.69 Å². The number of Topliss-reactive ketones (excluding diaryl/α,β-unsaturated/α-hetero) is 1. The summed E-state index contributed by atoms with van der Waals surface area (Å²) in [5.74, 6) is -1.07. The molecule has 1 heterocycles. The average molecular weight is 422 g/mol. The van der Waals surface area contributed by atoms with E-state index >= 15 is 0 Å². The van der Waals surface area contributed by atoms with Gasteiger partial charge in [-0.25, -0.2) is 0 Å². The third kappa shape index (κ3) is 6.39. The number of carbonyl (C=O) groups is 3. The summed E-state index contributed by atoms with van der Waals surface area (Å²) >= 11 is 1.40. The predicted molar refractivity (Wildman–Crippen MR) is 118 cm³/mol. The SMILES string of the molecule is Cc1ccc(C(=O)CCC(=O)OCC(=O)Nc2ccccc2Cc2ccccc2)s1. The van der Waals surface area contributed by atoms with Crippen LogP contribution in [0.5, 0.6) is 0 Å². The van der Waals surface area contributed by atoms with E-state index in [0.717, 1.165) is 16.0 Å². The maximum absolute atomic E-state index is 12.2. The number of ether oxygens (including phenoxy) is 1. The second-order valence-electron chi connectivity index (χ2n) is 6.86. The van der Waals surface area contributed by atoms with E-state index in [9.17, 15) is 14.4 Å². The van der Waals surface area contributed by atoms with E-state index in [1.54, 1.807) is 6.07 Å². The van der Waals surface area contributed by atoms with Gasteiger partial charge in [0.15, 0.2) is 12.4 Å². The molecule has 3 rings (SSSR count). The highest BCUT2D eigenvalue weighted by Gasteiger charge is 2.14. The number of anilines is 1. The van der Waals surface area contributed by atoms with Crippen molar-refractivity contribution in [3.05, 3.63) is 87.6 Å². The van der Waals surface area contributed by atoms with Gasteiger partial charge in [-0.15, -0.1) is 11.3 Å². The monoisotopic (exact) mass is 421 g/mol. The number of para-hydroxylation sites is 1. The summed E-state index contributed by atoms with van der Waals surface area (Å²) in [7, 11) is 0. The van der Waals surface area contributed by atoms with Gasteiger partial charge in [0.1, 0.15) is 0 Å². The summed E-state index contributed by atoms with van der Waals surface area (Å²) in [4.78, 5) is 37.9. The minimum Gasteiger partial charge on any atom is -0.456 e. The molecule has 0 unspecified atom stereocenters. The molecule has 154 valence electrons. The molecular weight excluding hydrogens is 398 g/mol.